The number of rotatable bonds is 10. The number of carbonyl (C=O) groups is 1. The van der Waals surface area contributed by atoms with Crippen LogP contribution in [0.15, 0.2) is 0 Å². The number of hydrogen-bond acceptors (Lipinski definition) is 2. The molecule has 0 saturated heterocycles. The van der Waals surface area contributed by atoms with E-state index in [1.54, 1.807) is 6.07 Å². The molecule has 0 aliphatic rings. The van der Waals surface area contributed by atoms with Crippen molar-refractivity contribution in [2.24, 2.45) is 0 Å². The number of hydrogen-bond donors (Lipinski definition) is 0. The Morgan fingerprint density at radius 3 is 1.71 bits per heavy atom. The van der Waals surface area contributed by atoms with Gasteiger partial charge in [0.25, 0.3) is 0 Å². The summed E-state index contributed by atoms with van der Waals surface area (Å²) in [7, 11) is 0. The van der Waals surface area contributed by atoms with Crippen LogP contribution in [0.4, 0.5) is 0 Å². The Morgan fingerprint density at radius 2 is 1.35 bits per heavy atom. The maximum absolute atomic E-state index is 10.4. The molecule has 0 bridgehead atoms. The van der Waals surface area contributed by atoms with E-state index in [4.69, 9.17) is 16.9 Å². The fourth-order valence-corrected chi connectivity index (χ4v) is 1.71. The Balaban J connectivity index is 0. The van der Waals surface area contributed by atoms with Crippen LogP contribution in [0.3, 0.4) is 0 Å². The van der Waals surface area contributed by atoms with Crippen LogP contribution in [0.2, 0.25) is 0 Å². The lowest BCUT2D eigenvalue weighted by Crippen LogP contribution is -1.86. The van der Waals surface area contributed by atoms with Gasteiger partial charge in [-0.05, 0) is 18.0 Å². The van der Waals surface area contributed by atoms with Gasteiger partial charge >= 0.3 is 0 Å². The molecule has 0 fully saturated rings. The summed E-state index contributed by atoms with van der Waals surface area (Å²) in [5.74, 6) is 0. The molecule has 2 nitrogen and oxygen atoms in total. The van der Waals surface area contributed by atoms with E-state index in [-0.39, 0.29) is 5.24 Å². The van der Waals surface area contributed by atoms with Gasteiger partial charge in [-0.1, -0.05) is 58.3 Å². The molecule has 0 atom stereocenters. The van der Waals surface area contributed by atoms with Gasteiger partial charge in [-0.3, -0.25) is 4.79 Å². The third kappa shape index (κ3) is 25.6. The fourth-order valence-electron chi connectivity index (χ4n) is 1.57. The van der Waals surface area contributed by atoms with Crippen LogP contribution < -0.4 is 0 Å². The molecule has 3 heteroatoms. The zero-order valence-corrected chi connectivity index (χ0v) is 12.1. The second kappa shape index (κ2) is 17.8. The average molecular weight is 260 g/mol. The van der Waals surface area contributed by atoms with E-state index < -0.39 is 0 Å². The predicted octanol–water partition coefficient (Wildman–Crippen LogP) is 5.20. The molecule has 100 valence electrons. The summed E-state index contributed by atoms with van der Waals surface area (Å²) in [6.45, 7) is 3.67. The lowest BCUT2D eigenvalue weighted by Gasteiger charge is -2.00. The van der Waals surface area contributed by atoms with E-state index in [0.717, 1.165) is 12.8 Å². The highest BCUT2D eigenvalue weighted by molar-refractivity contribution is 6.63. The van der Waals surface area contributed by atoms with Crippen molar-refractivity contribution in [2.45, 2.75) is 78.1 Å². The van der Waals surface area contributed by atoms with Gasteiger partial charge < -0.3 is 0 Å². The van der Waals surface area contributed by atoms with Gasteiger partial charge in [0.2, 0.25) is 5.24 Å². The van der Waals surface area contributed by atoms with Gasteiger partial charge in [0.1, 0.15) is 0 Å². The van der Waals surface area contributed by atoms with Crippen molar-refractivity contribution in [1.29, 1.82) is 5.26 Å². The van der Waals surface area contributed by atoms with Crippen LogP contribution in [0.25, 0.3) is 0 Å². The molecular formula is C14H26ClNO. The van der Waals surface area contributed by atoms with E-state index in [0.29, 0.717) is 6.42 Å². The summed E-state index contributed by atoms with van der Waals surface area (Å²) in [6.07, 6.45) is 12.1. The first-order chi connectivity index (χ1) is 8.18. The summed E-state index contributed by atoms with van der Waals surface area (Å²) in [6, 6.07) is 1.75. The Kier molecular flexibility index (Phi) is 19.7. The highest BCUT2D eigenvalue weighted by Crippen LogP contribution is 2.10. The smallest absolute Gasteiger partial charge is 0.221 e. The molecular weight excluding hydrogens is 234 g/mol. The van der Waals surface area contributed by atoms with Gasteiger partial charge in [0.05, 0.1) is 6.07 Å². The fraction of sp³-hybridized carbons (Fsp3) is 0.857. The Morgan fingerprint density at radius 1 is 1.00 bits per heavy atom. The van der Waals surface area contributed by atoms with Crippen LogP contribution >= 0.6 is 11.6 Å². The summed E-state index contributed by atoms with van der Waals surface area (Å²) in [5, 5.41) is 7.13. The molecule has 0 aliphatic carbocycles. The zero-order valence-electron chi connectivity index (χ0n) is 11.3. The lowest BCUT2D eigenvalue weighted by molar-refractivity contribution is -0.111. The van der Waals surface area contributed by atoms with Crippen molar-refractivity contribution in [3.63, 3.8) is 0 Å². The molecule has 0 unspecified atom stereocenters. The van der Waals surface area contributed by atoms with Crippen LogP contribution in [0, 0.1) is 11.3 Å². The number of unbranched alkanes of at least 4 members (excludes halogenated alkanes) is 8. The Bertz CT molecular complexity index is 199. The summed E-state index contributed by atoms with van der Waals surface area (Å²) in [4.78, 5) is 10.4. The minimum absolute atomic E-state index is 0.187. The van der Waals surface area contributed by atoms with Crippen molar-refractivity contribution in [3.8, 4) is 6.07 Å². The van der Waals surface area contributed by atoms with Crippen molar-refractivity contribution >= 4 is 16.8 Å². The largest absolute Gasteiger partial charge is 0.281 e. The Hall–Kier alpha value is -0.550. The van der Waals surface area contributed by atoms with Crippen molar-refractivity contribution in [3.05, 3.63) is 0 Å². The molecule has 0 spiro atoms. The molecule has 0 aromatic carbocycles. The minimum Gasteiger partial charge on any atom is -0.281 e. The van der Waals surface area contributed by atoms with Gasteiger partial charge in [-0.25, -0.2) is 0 Å². The first kappa shape index (κ1) is 18.8. The van der Waals surface area contributed by atoms with Crippen LogP contribution in [-0.4, -0.2) is 5.24 Å². The second-order valence-corrected chi connectivity index (χ2v) is 4.58. The topological polar surface area (TPSA) is 40.9 Å². The number of carbonyl (C=O) groups excluding carboxylic acids is 1. The number of nitriles is 1. The monoisotopic (exact) mass is 259 g/mol. The molecule has 0 aliphatic heterocycles. The molecule has 0 aromatic heterocycles. The standard InChI is InChI=1S/C12H23ClO.C2H3N/c1-2-3-4-5-6-7-8-9-10-11-12(13)14;1-2-3/h2-11H2,1H3;1H3. The highest BCUT2D eigenvalue weighted by Gasteiger charge is 1.95. The molecule has 0 N–H and O–H groups in total. The predicted molar refractivity (Wildman–Crippen MR) is 74.0 cm³/mol. The molecule has 0 radical (unpaired) electrons. The molecule has 0 amide bonds. The van der Waals surface area contributed by atoms with Crippen molar-refractivity contribution in [1.82, 2.24) is 0 Å². The first-order valence-corrected chi connectivity index (χ1v) is 7.06. The van der Waals surface area contributed by atoms with Gasteiger partial charge in [-0.15, -0.1) is 0 Å². The Labute approximate surface area is 111 Å². The van der Waals surface area contributed by atoms with E-state index in [1.807, 2.05) is 0 Å². The van der Waals surface area contributed by atoms with Gasteiger partial charge in [0, 0.05) is 13.3 Å². The van der Waals surface area contributed by atoms with Crippen LogP contribution in [0.5, 0.6) is 0 Å². The summed E-state index contributed by atoms with van der Waals surface area (Å²) >= 11 is 5.24. The lowest BCUT2D eigenvalue weighted by atomic mass is 10.1. The summed E-state index contributed by atoms with van der Waals surface area (Å²) in [5.41, 5.74) is 0. The third-order valence-corrected chi connectivity index (χ3v) is 2.67. The van der Waals surface area contributed by atoms with Crippen LogP contribution in [0.1, 0.15) is 78.1 Å². The summed E-state index contributed by atoms with van der Waals surface area (Å²) < 4.78 is 0. The maximum atomic E-state index is 10.4. The van der Waals surface area contributed by atoms with E-state index >= 15 is 0 Å². The molecule has 0 aromatic rings. The first-order valence-electron chi connectivity index (χ1n) is 6.68. The van der Waals surface area contributed by atoms with E-state index in [9.17, 15) is 4.79 Å². The SMILES string of the molecule is CC#N.CCCCCCCCCCCC(=O)Cl. The van der Waals surface area contributed by atoms with Gasteiger partial charge in [0.15, 0.2) is 0 Å². The quantitative estimate of drug-likeness (QED) is 0.399. The third-order valence-electron chi connectivity index (χ3n) is 2.48. The zero-order chi connectivity index (χ0) is 13.4. The molecule has 0 saturated carbocycles. The van der Waals surface area contributed by atoms with Crippen molar-refractivity contribution < 1.29 is 4.79 Å². The van der Waals surface area contributed by atoms with Crippen LogP contribution in [-0.2, 0) is 4.79 Å². The maximum Gasteiger partial charge on any atom is 0.221 e. The number of nitrogens with zero attached hydrogens (tertiary/aromatic N) is 1. The normalized spacial score (nSPS) is 9.06. The van der Waals surface area contributed by atoms with Crippen molar-refractivity contribution in [2.75, 3.05) is 0 Å². The highest BCUT2D eigenvalue weighted by atomic mass is 35.5. The molecule has 17 heavy (non-hydrogen) atoms. The van der Waals surface area contributed by atoms with E-state index in [2.05, 4.69) is 6.92 Å². The molecule has 0 heterocycles. The minimum atomic E-state index is -0.187. The molecule has 0 rings (SSSR count). The average Bonchev–Trinajstić information content (AvgIpc) is 2.27. The van der Waals surface area contributed by atoms with Gasteiger partial charge in [-0.2, -0.15) is 5.26 Å². The van der Waals surface area contributed by atoms with E-state index in [1.165, 1.54) is 51.9 Å². The number of halogens is 1. The second-order valence-electron chi connectivity index (χ2n) is 4.16.